The third-order valence-corrected chi connectivity index (χ3v) is 4.00. The fourth-order valence-corrected chi connectivity index (χ4v) is 2.81. The van der Waals surface area contributed by atoms with Crippen molar-refractivity contribution in [2.75, 3.05) is 24.5 Å². The van der Waals surface area contributed by atoms with E-state index < -0.39 is 0 Å². The molecule has 5 nitrogen and oxygen atoms in total. The Balaban J connectivity index is 1.29. The molecule has 2 heterocycles. The zero-order valence-electron chi connectivity index (χ0n) is 13.1. The molecule has 2 aromatic rings. The first kappa shape index (κ1) is 15.6. The zero-order chi connectivity index (χ0) is 15.9. The van der Waals surface area contributed by atoms with Crippen molar-refractivity contribution in [3.05, 3.63) is 48.2 Å². The van der Waals surface area contributed by atoms with Gasteiger partial charge in [-0.15, -0.1) is 0 Å². The lowest BCUT2D eigenvalue weighted by Gasteiger charge is -2.14. The number of nitrogens with zero attached hydrogens (tertiary/aromatic N) is 1. The number of fused-ring (bicyclic) bond motifs is 1. The standard InChI is InChI=1S/C18H22N2O3/c21-14-20(18-8-5-11-22-18)10-4-3-9-19-13-16-12-15-6-1-2-7-17(15)23-16/h1-2,5-8,11,14,16,19H,3-4,9-10,12-13H2. The maximum Gasteiger partial charge on any atom is 0.216 e. The minimum absolute atomic E-state index is 0.224. The van der Waals surface area contributed by atoms with Gasteiger partial charge in [-0.05, 0) is 37.1 Å². The lowest BCUT2D eigenvalue weighted by atomic mass is 10.1. The quantitative estimate of drug-likeness (QED) is 0.571. The summed E-state index contributed by atoms with van der Waals surface area (Å²) >= 11 is 0. The number of ether oxygens (including phenoxy) is 1. The molecule has 0 bridgehead atoms. The molecule has 1 aliphatic rings. The molecule has 23 heavy (non-hydrogen) atoms. The summed E-state index contributed by atoms with van der Waals surface area (Å²) in [5, 5.41) is 3.43. The minimum atomic E-state index is 0.224. The van der Waals surface area contributed by atoms with Crippen LogP contribution in [0.15, 0.2) is 47.1 Å². The van der Waals surface area contributed by atoms with Crippen molar-refractivity contribution in [1.82, 2.24) is 5.32 Å². The van der Waals surface area contributed by atoms with E-state index in [1.54, 1.807) is 23.3 Å². The number of hydrogen-bond acceptors (Lipinski definition) is 4. The predicted octanol–water partition coefficient (Wildman–Crippen LogP) is 2.62. The normalized spacial score (nSPS) is 15.9. The van der Waals surface area contributed by atoms with Crippen molar-refractivity contribution in [3.63, 3.8) is 0 Å². The highest BCUT2D eigenvalue weighted by Crippen LogP contribution is 2.27. The first-order chi connectivity index (χ1) is 11.4. The van der Waals surface area contributed by atoms with E-state index in [-0.39, 0.29) is 6.10 Å². The summed E-state index contributed by atoms with van der Waals surface area (Å²) in [5.41, 5.74) is 1.29. The highest BCUT2D eigenvalue weighted by molar-refractivity contribution is 5.71. The third kappa shape index (κ3) is 4.13. The molecule has 1 atom stereocenters. The maximum absolute atomic E-state index is 11.0. The molecule has 0 spiro atoms. The van der Waals surface area contributed by atoms with Gasteiger partial charge < -0.3 is 14.5 Å². The molecule has 0 aliphatic carbocycles. The van der Waals surface area contributed by atoms with Crippen molar-refractivity contribution in [1.29, 1.82) is 0 Å². The van der Waals surface area contributed by atoms with Crippen LogP contribution in [0.3, 0.4) is 0 Å². The van der Waals surface area contributed by atoms with Crippen LogP contribution in [0.4, 0.5) is 5.88 Å². The molecule has 1 aliphatic heterocycles. The number of hydrogen-bond donors (Lipinski definition) is 1. The molecule has 0 saturated heterocycles. The monoisotopic (exact) mass is 314 g/mol. The van der Waals surface area contributed by atoms with Gasteiger partial charge in [-0.1, -0.05) is 18.2 Å². The number of furan rings is 1. The Bertz CT molecular complexity index is 587. The van der Waals surface area contributed by atoms with Gasteiger partial charge in [0.25, 0.3) is 0 Å². The lowest BCUT2D eigenvalue weighted by Crippen LogP contribution is -2.31. The number of unbranched alkanes of at least 4 members (excludes halogenated alkanes) is 1. The molecule has 0 radical (unpaired) electrons. The molecule has 3 rings (SSSR count). The number of carbonyl (C=O) groups excluding carboxylic acids is 1. The molecule has 1 aromatic carbocycles. The van der Waals surface area contributed by atoms with Crippen LogP contribution in [0.1, 0.15) is 18.4 Å². The lowest BCUT2D eigenvalue weighted by molar-refractivity contribution is -0.107. The second kappa shape index (κ2) is 7.83. The van der Waals surface area contributed by atoms with Gasteiger partial charge in [-0.3, -0.25) is 9.69 Å². The molecule has 1 aromatic heterocycles. The van der Waals surface area contributed by atoms with Crippen LogP contribution in [-0.4, -0.2) is 32.1 Å². The molecule has 1 amide bonds. The van der Waals surface area contributed by atoms with E-state index in [4.69, 9.17) is 9.15 Å². The highest BCUT2D eigenvalue weighted by Gasteiger charge is 2.21. The minimum Gasteiger partial charge on any atom is -0.488 e. The van der Waals surface area contributed by atoms with E-state index >= 15 is 0 Å². The average Bonchev–Trinajstić information content (AvgIpc) is 3.23. The summed E-state index contributed by atoms with van der Waals surface area (Å²) in [4.78, 5) is 12.6. The number of anilines is 1. The van der Waals surface area contributed by atoms with Crippen LogP contribution in [0.25, 0.3) is 0 Å². The van der Waals surface area contributed by atoms with Gasteiger partial charge in [0.15, 0.2) is 0 Å². The van der Waals surface area contributed by atoms with Crippen LogP contribution in [0.5, 0.6) is 5.75 Å². The van der Waals surface area contributed by atoms with E-state index in [0.717, 1.165) is 44.5 Å². The second-order valence-electron chi connectivity index (χ2n) is 5.71. The number of amides is 1. The summed E-state index contributed by atoms with van der Waals surface area (Å²) in [6.45, 7) is 2.44. The summed E-state index contributed by atoms with van der Waals surface area (Å²) < 4.78 is 11.1. The Morgan fingerprint density at radius 1 is 1.22 bits per heavy atom. The number of benzene rings is 1. The first-order valence-electron chi connectivity index (χ1n) is 8.07. The van der Waals surface area contributed by atoms with Gasteiger partial charge in [-0.2, -0.15) is 0 Å². The average molecular weight is 314 g/mol. The van der Waals surface area contributed by atoms with Gasteiger partial charge in [0, 0.05) is 25.6 Å². The largest absolute Gasteiger partial charge is 0.488 e. The smallest absolute Gasteiger partial charge is 0.216 e. The van der Waals surface area contributed by atoms with E-state index in [9.17, 15) is 4.79 Å². The SMILES string of the molecule is O=CN(CCCCNCC1Cc2ccccc2O1)c1ccco1. The van der Waals surface area contributed by atoms with Crippen molar-refractivity contribution >= 4 is 12.3 Å². The van der Waals surface area contributed by atoms with Gasteiger partial charge in [-0.25, -0.2) is 0 Å². The van der Waals surface area contributed by atoms with E-state index in [1.165, 1.54) is 5.56 Å². The fourth-order valence-electron chi connectivity index (χ4n) is 2.81. The van der Waals surface area contributed by atoms with Crippen LogP contribution in [-0.2, 0) is 11.2 Å². The van der Waals surface area contributed by atoms with Crippen molar-refractivity contribution in [2.24, 2.45) is 0 Å². The fraction of sp³-hybridized carbons (Fsp3) is 0.389. The molecular formula is C18H22N2O3. The molecule has 1 unspecified atom stereocenters. The Labute approximate surface area is 136 Å². The summed E-state index contributed by atoms with van der Waals surface area (Å²) in [7, 11) is 0. The van der Waals surface area contributed by atoms with Crippen LogP contribution in [0.2, 0.25) is 0 Å². The van der Waals surface area contributed by atoms with E-state index in [1.807, 2.05) is 12.1 Å². The number of nitrogens with one attached hydrogen (secondary N) is 1. The first-order valence-corrected chi connectivity index (χ1v) is 8.07. The molecule has 1 N–H and O–H groups in total. The number of para-hydroxylation sites is 1. The summed E-state index contributed by atoms with van der Waals surface area (Å²) in [6.07, 6.45) is 5.52. The van der Waals surface area contributed by atoms with Gasteiger partial charge >= 0.3 is 0 Å². The molecule has 0 saturated carbocycles. The highest BCUT2D eigenvalue weighted by atomic mass is 16.5. The van der Waals surface area contributed by atoms with Crippen LogP contribution >= 0.6 is 0 Å². The topological polar surface area (TPSA) is 54.7 Å². The van der Waals surface area contributed by atoms with Crippen LogP contribution < -0.4 is 15.0 Å². The predicted molar refractivity (Wildman–Crippen MR) is 88.8 cm³/mol. The van der Waals surface area contributed by atoms with Crippen LogP contribution in [0, 0.1) is 0 Å². The van der Waals surface area contributed by atoms with Crippen molar-refractivity contribution in [2.45, 2.75) is 25.4 Å². The zero-order valence-corrected chi connectivity index (χ0v) is 13.1. The second-order valence-corrected chi connectivity index (χ2v) is 5.71. The Morgan fingerprint density at radius 3 is 2.91 bits per heavy atom. The van der Waals surface area contributed by atoms with Crippen molar-refractivity contribution < 1.29 is 13.9 Å². The van der Waals surface area contributed by atoms with Gasteiger partial charge in [0.2, 0.25) is 12.3 Å². The Hall–Kier alpha value is -2.27. The summed E-state index contributed by atoms with van der Waals surface area (Å²) in [6, 6.07) is 11.8. The summed E-state index contributed by atoms with van der Waals surface area (Å²) in [5.74, 6) is 1.62. The van der Waals surface area contributed by atoms with Gasteiger partial charge in [0.1, 0.15) is 11.9 Å². The molecule has 122 valence electrons. The third-order valence-electron chi connectivity index (χ3n) is 4.00. The maximum atomic E-state index is 11.0. The van der Waals surface area contributed by atoms with E-state index in [0.29, 0.717) is 12.4 Å². The Kier molecular flexibility index (Phi) is 5.32. The number of carbonyl (C=O) groups is 1. The number of rotatable bonds is 9. The molecule has 5 heteroatoms. The van der Waals surface area contributed by atoms with E-state index in [2.05, 4.69) is 17.4 Å². The Morgan fingerprint density at radius 2 is 2.13 bits per heavy atom. The molecule has 0 fully saturated rings. The van der Waals surface area contributed by atoms with Gasteiger partial charge in [0.05, 0.1) is 6.26 Å². The molecular weight excluding hydrogens is 292 g/mol. The van der Waals surface area contributed by atoms with Crippen molar-refractivity contribution in [3.8, 4) is 5.75 Å².